The third-order valence-corrected chi connectivity index (χ3v) is 7.52. The van der Waals surface area contributed by atoms with Crippen LogP contribution in [0.2, 0.25) is 0 Å². The first kappa shape index (κ1) is 20.4. The van der Waals surface area contributed by atoms with Gasteiger partial charge in [0.05, 0.1) is 10.8 Å². The number of hydrogen-bond acceptors (Lipinski definition) is 4. The highest BCUT2D eigenvalue weighted by molar-refractivity contribution is 7.90. The number of rotatable bonds is 4. The standard InChI is InChI=1S/C19H33NO4S/c1-13(14-11-9-8-10-12-14)15-16(17(21)24-18(2,3)4)20(15)25(22,23)19(5,6)7/h14-16H,1,8-12H2,2-7H3/t15-,16-,20?/m1/s1. The van der Waals surface area contributed by atoms with Gasteiger partial charge in [0.1, 0.15) is 11.6 Å². The second-order valence-corrected chi connectivity index (χ2v) is 11.9. The highest BCUT2D eigenvalue weighted by atomic mass is 32.2. The second-order valence-electron chi connectivity index (χ2n) is 9.28. The van der Waals surface area contributed by atoms with E-state index >= 15 is 0 Å². The molecule has 0 radical (unpaired) electrons. The van der Waals surface area contributed by atoms with Crippen LogP contribution < -0.4 is 0 Å². The Morgan fingerprint density at radius 3 is 1.96 bits per heavy atom. The van der Waals surface area contributed by atoms with Crippen molar-refractivity contribution in [1.82, 2.24) is 4.31 Å². The molecule has 0 aromatic carbocycles. The molecule has 2 aliphatic rings. The van der Waals surface area contributed by atoms with E-state index in [0.717, 1.165) is 31.3 Å². The van der Waals surface area contributed by atoms with E-state index in [0.29, 0.717) is 5.92 Å². The van der Waals surface area contributed by atoms with Crippen molar-refractivity contribution in [2.45, 2.75) is 96.1 Å². The fourth-order valence-corrected chi connectivity index (χ4v) is 5.13. The highest BCUT2D eigenvalue weighted by Crippen LogP contribution is 2.46. The molecule has 2 rings (SSSR count). The molecule has 1 heterocycles. The normalized spacial score (nSPS) is 28.5. The summed E-state index contributed by atoms with van der Waals surface area (Å²) in [4.78, 5) is 12.6. The Kier molecular flexibility index (Phi) is 5.47. The van der Waals surface area contributed by atoms with Crippen LogP contribution in [0.4, 0.5) is 0 Å². The van der Waals surface area contributed by atoms with Gasteiger partial charge in [0, 0.05) is 0 Å². The number of sulfonamides is 1. The summed E-state index contributed by atoms with van der Waals surface area (Å²) in [6, 6.07) is -1.22. The molecule has 0 amide bonds. The molecule has 0 aromatic heterocycles. The van der Waals surface area contributed by atoms with Crippen molar-refractivity contribution >= 4 is 16.0 Å². The fraction of sp³-hybridized carbons (Fsp3) is 0.842. The molecular weight excluding hydrogens is 338 g/mol. The average molecular weight is 372 g/mol. The number of hydrogen-bond donors (Lipinski definition) is 0. The lowest BCUT2D eigenvalue weighted by atomic mass is 9.82. The summed E-state index contributed by atoms with van der Waals surface area (Å²) in [5, 5.41) is 0. The molecule has 2 fully saturated rings. The third-order valence-electron chi connectivity index (χ3n) is 4.97. The molecular formula is C19H33NO4S. The summed E-state index contributed by atoms with van der Waals surface area (Å²) in [5.41, 5.74) is 0.233. The van der Waals surface area contributed by atoms with Gasteiger partial charge >= 0.3 is 5.97 Å². The van der Waals surface area contributed by atoms with Gasteiger partial charge in [-0.15, -0.1) is 0 Å². The molecule has 1 unspecified atom stereocenters. The predicted octanol–water partition coefficient (Wildman–Crippen LogP) is 3.65. The number of carbonyl (C=O) groups excluding carboxylic acids is 1. The van der Waals surface area contributed by atoms with Crippen LogP contribution in [-0.4, -0.2) is 41.1 Å². The minimum Gasteiger partial charge on any atom is -0.459 e. The molecule has 0 N–H and O–H groups in total. The lowest BCUT2D eigenvalue weighted by molar-refractivity contribution is -0.154. The van der Waals surface area contributed by atoms with E-state index in [-0.39, 0.29) is 0 Å². The Hall–Kier alpha value is -0.880. The minimum atomic E-state index is -3.61. The molecule has 6 heteroatoms. The van der Waals surface area contributed by atoms with E-state index in [1.54, 1.807) is 41.5 Å². The Labute approximate surface area is 152 Å². The lowest BCUT2D eigenvalue weighted by Gasteiger charge is -2.25. The SMILES string of the molecule is C=C(C1CCCCC1)[C@@H]1[C@H](C(=O)OC(C)(C)C)N1S(=O)(=O)C(C)(C)C. The first-order chi connectivity index (χ1) is 11.3. The molecule has 144 valence electrons. The first-order valence-corrected chi connectivity index (χ1v) is 10.7. The maximum Gasteiger partial charge on any atom is 0.327 e. The van der Waals surface area contributed by atoms with E-state index in [2.05, 4.69) is 6.58 Å². The number of carbonyl (C=O) groups is 1. The van der Waals surface area contributed by atoms with E-state index in [1.807, 2.05) is 0 Å². The quantitative estimate of drug-likeness (QED) is 0.430. The summed E-state index contributed by atoms with van der Waals surface area (Å²) < 4.78 is 31.8. The van der Waals surface area contributed by atoms with Crippen LogP contribution in [-0.2, 0) is 19.6 Å². The smallest absolute Gasteiger partial charge is 0.327 e. The number of esters is 1. The van der Waals surface area contributed by atoms with Crippen LogP contribution in [0, 0.1) is 5.92 Å². The van der Waals surface area contributed by atoms with Crippen LogP contribution in [0.25, 0.3) is 0 Å². The van der Waals surface area contributed by atoms with Gasteiger partial charge in [-0.1, -0.05) is 31.4 Å². The van der Waals surface area contributed by atoms with Crippen molar-refractivity contribution in [1.29, 1.82) is 0 Å². The van der Waals surface area contributed by atoms with Crippen molar-refractivity contribution in [3.63, 3.8) is 0 Å². The molecule has 25 heavy (non-hydrogen) atoms. The van der Waals surface area contributed by atoms with Gasteiger partial charge < -0.3 is 4.74 Å². The van der Waals surface area contributed by atoms with Crippen molar-refractivity contribution in [2.75, 3.05) is 0 Å². The minimum absolute atomic E-state index is 0.295. The van der Waals surface area contributed by atoms with Crippen LogP contribution >= 0.6 is 0 Å². The van der Waals surface area contributed by atoms with Gasteiger partial charge in [0.15, 0.2) is 0 Å². The van der Waals surface area contributed by atoms with Gasteiger partial charge in [0.2, 0.25) is 10.0 Å². The zero-order valence-electron chi connectivity index (χ0n) is 16.5. The van der Waals surface area contributed by atoms with Crippen LogP contribution in [0.5, 0.6) is 0 Å². The zero-order valence-corrected chi connectivity index (χ0v) is 17.3. The Balaban J connectivity index is 2.27. The molecule has 3 atom stereocenters. The molecule has 1 saturated carbocycles. The number of ether oxygens (including phenoxy) is 1. The summed E-state index contributed by atoms with van der Waals surface area (Å²) in [6.45, 7) is 14.6. The molecule has 1 saturated heterocycles. The van der Waals surface area contributed by atoms with E-state index in [9.17, 15) is 13.2 Å². The third kappa shape index (κ3) is 4.27. The Morgan fingerprint density at radius 2 is 1.52 bits per heavy atom. The van der Waals surface area contributed by atoms with Gasteiger partial charge in [-0.2, -0.15) is 4.31 Å². The van der Waals surface area contributed by atoms with Crippen molar-refractivity contribution < 1.29 is 17.9 Å². The van der Waals surface area contributed by atoms with Gasteiger partial charge in [-0.25, -0.2) is 8.42 Å². The summed E-state index contributed by atoms with van der Waals surface area (Å²) in [6.07, 6.45) is 5.55. The molecule has 0 aromatic rings. The van der Waals surface area contributed by atoms with Crippen molar-refractivity contribution in [3.8, 4) is 0 Å². The van der Waals surface area contributed by atoms with Gasteiger partial charge in [-0.05, 0) is 60.3 Å². The van der Waals surface area contributed by atoms with Crippen molar-refractivity contribution in [3.05, 3.63) is 12.2 Å². The zero-order chi connectivity index (χ0) is 19.2. The monoisotopic (exact) mass is 371 g/mol. The van der Waals surface area contributed by atoms with E-state index in [1.165, 1.54) is 10.7 Å². The second kappa shape index (κ2) is 6.69. The molecule has 5 nitrogen and oxygen atoms in total. The molecule has 1 aliphatic carbocycles. The van der Waals surface area contributed by atoms with E-state index < -0.39 is 38.4 Å². The highest BCUT2D eigenvalue weighted by Gasteiger charge is 2.64. The van der Waals surface area contributed by atoms with E-state index in [4.69, 9.17) is 4.74 Å². The van der Waals surface area contributed by atoms with Gasteiger partial charge in [0.25, 0.3) is 0 Å². The maximum atomic E-state index is 13.0. The lowest BCUT2D eigenvalue weighted by Crippen LogP contribution is -2.37. The topological polar surface area (TPSA) is 63.5 Å². The summed E-state index contributed by atoms with van der Waals surface area (Å²) in [5.74, 6) is -0.175. The Bertz CT molecular complexity index is 633. The molecule has 0 spiro atoms. The predicted molar refractivity (Wildman–Crippen MR) is 99.6 cm³/mol. The first-order valence-electron chi connectivity index (χ1n) is 9.22. The average Bonchev–Trinajstić information content (AvgIpc) is 3.20. The summed E-state index contributed by atoms with van der Waals surface area (Å²) >= 11 is 0. The maximum absolute atomic E-state index is 13.0. The fourth-order valence-electron chi connectivity index (χ4n) is 3.50. The number of nitrogens with zero attached hydrogens (tertiary/aromatic N) is 1. The van der Waals surface area contributed by atoms with Crippen LogP contribution in [0.15, 0.2) is 12.2 Å². The summed E-state index contributed by atoms with van der Waals surface area (Å²) in [7, 11) is -3.61. The molecule has 1 aliphatic heterocycles. The Morgan fingerprint density at radius 1 is 1.00 bits per heavy atom. The largest absolute Gasteiger partial charge is 0.459 e. The molecule has 0 bridgehead atoms. The van der Waals surface area contributed by atoms with Crippen LogP contribution in [0.3, 0.4) is 0 Å². The van der Waals surface area contributed by atoms with Crippen molar-refractivity contribution in [2.24, 2.45) is 5.92 Å². The van der Waals surface area contributed by atoms with Gasteiger partial charge in [-0.3, -0.25) is 4.79 Å². The van der Waals surface area contributed by atoms with Crippen LogP contribution in [0.1, 0.15) is 73.6 Å².